The van der Waals surface area contributed by atoms with Crippen LogP contribution in [0.25, 0.3) is 0 Å². The van der Waals surface area contributed by atoms with Crippen molar-refractivity contribution in [3.63, 3.8) is 0 Å². The van der Waals surface area contributed by atoms with E-state index in [1.807, 2.05) is 25.1 Å². The summed E-state index contributed by atoms with van der Waals surface area (Å²) in [6.45, 7) is 4.40. The number of morpholine rings is 1. The molecule has 1 aliphatic rings. The average Bonchev–Trinajstić information content (AvgIpc) is 2.81. The van der Waals surface area contributed by atoms with E-state index in [1.165, 1.54) is 12.1 Å². The van der Waals surface area contributed by atoms with E-state index in [4.69, 9.17) is 4.74 Å². The average molecular weight is 448 g/mol. The molecule has 0 atom stereocenters. The fourth-order valence-electron chi connectivity index (χ4n) is 3.62. The summed E-state index contributed by atoms with van der Waals surface area (Å²) >= 11 is 0. The summed E-state index contributed by atoms with van der Waals surface area (Å²) in [5.41, 5.74) is 3.41. The monoisotopic (exact) mass is 448 g/mol. The molecule has 1 heterocycles. The molecule has 0 aromatic heterocycles. The first-order chi connectivity index (χ1) is 16.0. The van der Waals surface area contributed by atoms with E-state index in [-0.39, 0.29) is 11.6 Å². The lowest BCUT2D eigenvalue weighted by atomic mass is 10.1. The fourth-order valence-corrected chi connectivity index (χ4v) is 3.62. The SMILES string of the molecule is Cc1cccc(C(=O)Nc2ccc(N3CCOCC3)c(NC(=O)Nc3ccccc3F)c2)c1. The second kappa shape index (κ2) is 10.1. The summed E-state index contributed by atoms with van der Waals surface area (Å²) in [4.78, 5) is 27.4. The molecule has 1 aliphatic heterocycles. The van der Waals surface area contributed by atoms with Crippen LogP contribution in [0.15, 0.2) is 66.7 Å². The van der Waals surface area contributed by atoms with Crippen LogP contribution in [0.2, 0.25) is 0 Å². The molecule has 0 aliphatic carbocycles. The highest BCUT2D eigenvalue weighted by molar-refractivity contribution is 6.06. The molecule has 0 saturated carbocycles. The molecule has 8 heteroatoms. The van der Waals surface area contributed by atoms with Gasteiger partial charge in [0.15, 0.2) is 0 Å². The predicted molar refractivity (Wildman–Crippen MR) is 128 cm³/mol. The van der Waals surface area contributed by atoms with Crippen LogP contribution >= 0.6 is 0 Å². The zero-order valence-corrected chi connectivity index (χ0v) is 18.2. The molecule has 0 radical (unpaired) electrons. The van der Waals surface area contributed by atoms with Gasteiger partial charge in [0.1, 0.15) is 5.82 Å². The molecule has 1 saturated heterocycles. The highest BCUT2D eigenvalue weighted by Gasteiger charge is 2.18. The van der Waals surface area contributed by atoms with Crippen molar-refractivity contribution < 1.29 is 18.7 Å². The number of hydrogen-bond donors (Lipinski definition) is 3. The lowest BCUT2D eigenvalue weighted by Crippen LogP contribution is -2.37. The molecule has 3 amide bonds. The zero-order chi connectivity index (χ0) is 23.2. The van der Waals surface area contributed by atoms with Gasteiger partial charge < -0.3 is 25.6 Å². The quantitative estimate of drug-likeness (QED) is 0.520. The number of para-hydroxylation sites is 1. The van der Waals surface area contributed by atoms with Crippen molar-refractivity contribution in [1.82, 2.24) is 0 Å². The third-order valence-corrected chi connectivity index (χ3v) is 5.26. The summed E-state index contributed by atoms with van der Waals surface area (Å²) in [5.74, 6) is -0.778. The van der Waals surface area contributed by atoms with Crippen molar-refractivity contribution in [2.75, 3.05) is 47.2 Å². The van der Waals surface area contributed by atoms with Crippen LogP contribution in [0.4, 0.5) is 31.9 Å². The van der Waals surface area contributed by atoms with Gasteiger partial charge in [-0.15, -0.1) is 0 Å². The summed E-state index contributed by atoms with van der Waals surface area (Å²) in [5, 5.41) is 8.20. The second-order valence-corrected chi connectivity index (χ2v) is 7.71. The Bertz CT molecular complexity index is 1160. The van der Waals surface area contributed by atoms with E-state index in [0.717, 1.165) is 11.3 Å². The van der Waals surface area contributed by atoms with Crippen molar-refractivity contribution >= 4 is 34.7 Å². The molecule has 0 bridgehead atoms. The van der Waals surface area contributed by atoms with Crippen LogP contribution in [0.5, 0.6) is 0 Å². The van der Waals surface area contributed by atoms with E-state index in [9.17, 15) is 14.0 Å². The fraction of sp³-hybridized carbons (Fsp3) is 0.200. The first kappa shape index (κ1) is 22.3. The maximum Gasteiger partial charge on any atom is 0.323 e. The third kappa shape index (κ3) is 5.67. The third-order valence-electron chi connectivity index (χ3n) is 5.26. The molecule has 0 spiro atoms. The number of hydrogen-bond acceptors (Lipinski definition) is 4. The first-order valence-electron chi connectivity index (χ1n) is 10.7. The molecule has 33 heavy (non-hydrogen) atoms. The molecule has 7 nitrogen and oxygen atoms in total. The maximum atomic E-state index is 13.9. The number of carbonyl (C=O) groups excluding carboxylic acids is 2. The summed E-state index contributed by atoms with van der Waals surface area (Å²) < 4.78 is 19.4. The van der Waals surface area contributed by atoms with Gasteiger partial charge in [0, 0.05) is 24.3 Å². The number of anilines is 4. The molecule has 3 aromatic rings. The van der Waals surface area contributed by atoms with Crippen molar-refractivity contribution in [3.05, 3.63) is 83.7 Å². The highest BCUT2D eigenvalue weighted by atomic mass is 19.1. The minimum Gasteiger partial charge on any atom is -0.378 e. The zero-order valence-electron chi connectivity index (χ0n) is 18.2. The molecule has 170 valence electrons. The summed E-state index contributed by atoms with van der Waals surface area (Å²) in [7, 11) is 0. The Morgan fingerprint density at radius 1 is 0.879 bits per heavy atom. The molecule has 3 aromatic carbocycles. The van der Waals surface area contributed by atoms with Crippen LogP contribution in [-0.2, 0) is 4.74 Å². The lowest BCUT2D eigenvalue weighted by molar-refractivity contribution is 0.102. The van der Waals surface area contributed by atoms with Crippen LogP contribution < -0.4 is 20.9 Å². The van der Waals surface area contributed by atoms with E-state index >= 15 is 0 Å². The number of urea groups is 1. The van der Waals surface area contributed by atoms with E-state index in [0.29, 0.717) is 43.2 Å². The standard InChI is InChI=1S/C25H25FN4O3/c1-17-5-4-6-18(15-17)24(31)27-19-9-10-23(30-11-13-33-14-12-30)22(16-19)29-25(32)28-21-8-3-2-7-20(21)26/h2-10,15-16H,11-14H2,1H3,(H,27,31)(H2,28,29,32). The molecule has 4 rings (SSSR count). The second-order valence-electron chi connectivity index (χ2n) is 7.71. The van der Waals surface area contributed by atoms with Gasteiger partial charge in [0.05, 0.1) is 30.3 Å². The highest BCUT2D eigenvalue weighted by Crippen LogP contribution is 2.30. The number of aryl methyl sites for hydroxylation is 1. The van der Waals surface area contributed by atoms with Crippen molar-refractivity contribution in [1.29, 1.82) is 0 Å². The number of benzene rings is 3. The van der Waals surface area contributed by atoms with E-state index in [2.05, 4.69) is 20.9 Å². The van der Waals surface area contributed by atoms with E-state index < -0.39 is 11.8 Å². The number of carbonyl (C=O) groups is 2. The van der Waals surface area contributed by atoms with Crippen LogP contribution in [0.1, 0.15) is 15.9 Å². The number of ether oxygens (including phenoxy) is 1. The number of nitrogens with zero attached hydrogens (tertiary/aromatic N) is 1. The molecule has 0 unspecified atom stereocenters. The van der Waals surface area contributed by atoms with Crippen LogP contribution in [-0.4, -0.2) is 38.2 Å². The van der Waals surface area contributed by atoms with Crippen molar-refractivity contribution in [2.45, 2.75) is 6.92 Å². The van der Waals surface area contributed by atoms with Gasteiger partial charge in [0.25, 0.3) is 5.91 Å². The number of amides is 3. The van der Waals surface area contributed by atoms with Gasteiger partial charge in [-0.3, -0.25) is 4.79 Å². The largest absolute Gasteiger partial charge is 0.378 e. The van der Waals surface area contributed by atoms with Gasteiger partial charge in [0.2, 0.25) is 0 Å². The van der Waals surface area contributed by atoms with Gasteiger partial charge in [-0.1, -0.05) is 29.8 Å². The Kier molecular flexibility index (Phi) is 6.85. The summed E-state index contributed by atoms with van der Waals surface area (Å²) in [6.07, 6.45) is 0. The first-order valence-corrected chi connectivity index (χ1v) is 10.7. The Balaban J connectivity index is 1.57. The number of nitrogens with one attached hydrogen (secondary N) is 3. The van der Waals surface area contributed by atoms with Gasteiger partial charge in [-0.05, 0) is 49.4 Å². The van der Waals surface area contributed by atoms with Gasteiger partial charge >= 0.3 is 6.03 Å². The number of rotatable bonds is 5. The number of halogens is 1. The Morgan fingerprint density at radius 3 is 2.39 bits per heavy atom. The van der Waals surface area contributed by atoms with Crippen molar-refractivity contribution in [2.24, 2.45) is 0 Å². The predicted octanol–water partition coefficient (Wildman–Crippen LogP) is 4.87. The minimum atomic E-state index is -0.586. The smallest absolute Gasteiger partial charge is 0.323 e. The van der Waals surface area contributed by atoms with Crippen molar-refractivity contribution in [3.8, 4) is 0 Å². The van der Waals surface area contributed by atoms with Gasteiger partial charge in [-0.2, -0.15) is 0 Å². The van der Waals surface area contributed by atoms with Crippen LogP contribution in [0, 0.1) is 12.7 Å². The molecule has 3 N–H and O–H groups in total. The lowest BCUT2D eigenvalue weighted by Gasteiger charge is -2.30. The Labute approximate surface area is 191 Å². The molecular weight excluding hydrogens is 423 g/mol. The minimum absolute atomic E-state index is 0.0758. The normalized spacial score (nSPS) is 13.3. The van der Waals surface area contributed by atoms with E-state index in [1.54, 1.807) is 36.4 Å². The maximum absolute atomic E-state index is 13.9. The Hall–Kier alpha value is -3.91. The molecular formula is C25H25FN4O3. The van der Waals surface area contributed by atoms with Gasteiger partial charge in [-0.25, -0.2) is 9.18 Å². The topological polar surface area (TPSA) is 82.7 Å². The summed E-state index contributed by atoms with van der Waals surface area (Å²) in [6, 6.07) is 18.0. The Morgan fingerprint density at radius 2 is 1.64 bits per heavy atom. The van der Waals surface area contributed by atoms with Crippen LogP contribution in [0.3, 0.4) is 0 Å². The molecule has 1 fully saturated rings.